The molecule has 0 aliphatic heterocycles. The average Bonchev–Trinajstić information content (AvgIpc) is 3.38. The highest BCUT2D eigenvalue weighted by Gasteiger charge is 2.31. The number of nitrogens with one attached hydrogen (secondary N) is 4. The highest BCUT2D eigenvalue weighted by Crippen LogP contribution is 2.08. The van der Waals surface area contributed by atoms with Crippen LogP contribution in [0.4, 0.5) is 0 Å². The second kappa shape index (κ2) is 15.2. The Hall–Kier alpha value is -4.26. The molecule has 13 nitrogen and oxygen atoms in total. The maximum atomic E-state index is 13.3. The lowest BCUT2D eigenvalue weighted by molar-refractivity contribution is -0.143. The smallest absolute Gasteiger partial charge is 0.326 e. The number of primary amides is 1. The van der Waals surface area contributed by atoms with E-state index in [0.29, 0.717) is 5.69 Å². The number of rotatable bonds is 16. The molecule has 0 fully saturated rings. The molecule has 0 aliphatic carbocycles. The average molecular weight is 544 g/mol. The monoisotopic (exact) mass is 543 g/mol. The van der Waals surface area contributed by atoms with E-state index in [1.807, 2.05) is 30.3 Å². The molecule has 39 heavy (non-hydrogen) atoms. The van der Waals surface area contributed by atoms with Crippen molar-refractivity contribution in [3.8, 4) is 0 Å². The summed E-state index contributed by atoms with van der Waals surface area (Å²) in [5.41, 5.74) is 12.7. The number of aromatic nitrogens is 2. The Labute approximate surface area is 226 Å². The third-order valence-electron chi connectivity index (χ3n) is 5.88. The maximum Gasteiger partial charge on any atom is 0.326 e. The molecule has 0 bridgehead atoms. The van der Waals surface area contributed by atoms with Crippen LogP contribution in [0.2, 0.25) is 0 Å². The lowest BCUT2D eigenvalue weighted by Gasteiger charge is -2.25. The number of aliphatic carboxylic acids is 1. The third kappa shape index (κ3) is 10.9. The summed E-state index contributed by atoms with van der Waals surface area (Å²) in [6, 6.07) is 4.55. The normalized spacial score (nSPS) is 14.1. The van der Waals surface area contributed by atoms with Crippen LogP contribution >= 0.6 is 0 Å². The van der Waals surface area contributed by atoms with Crippen molar-refractivity contribution >= 4 is 29.6 Å². The first-order valence-electron chi connectivity index (χ1n) is 12.6. The van der Waals surface area contributed by atoms with E-state index in [0.717, 1.165) is 5.56 Å². The standard InChI is InChI=1S/C26H37N7O6/c1-15(2)10-21(26(38)39)33-24(36)19(8-9-22(28)34)31-25(37)20(12-17-13-29-14-30-17)32-23(35)18(27)11-16-6-4-3-5-7-16/h3-7,13-15,18-21H,8-12,27H2,1-2H3,(H2,28,34)(H,29,30)(H,31,37)(H,32,35)(H,33,36)(H,38,39). The van der Waals surface area contributed by atoms with Crippen molar-refractivity contribution in [2.45, 2.75) is 70.1 Å². The van der Waals surface area contributed by atoms with Gasteiger partial charge >= 0.3 is 5.97 Å². The van der Waals surface area contributed by atoms with Gasteiger partial charge in [-0.3, -0.25) is 19.2 Å². The highest BCUT2D eigenvalue weighted by atomic mass is 16.4. The van der Waals surface area contributed by atoms with Gasteiger partial charge in [-0.1, -0.05) is 44.2 Å². The maximum absolute atomic E-state index is 13.3. The van der Waals surface area contributed by atoms with Crippen molar-refractivity contribution in [2.75, 3.05) is 0 Å². The molecule has 4 amide bonds. The van der Waals surface area contributed by atoms with Gasteiger partial charge in [-0.2, -0.15) is 0 Å². The van der Waals surface area contributed by atoms with Gasteiger partial charge in [-0.05, 0) is 30.7 Å². The number of carbonyl (C=O) groups is 5. The van der Waals surface area contributed by atoms with E-state index >= 15 is 0 Å². The fraction of sp³-hybridized carbons (Fsp3) is 0.462. The molecule has 4 atom stereocenters. The van der Waals surface area contributed by atoms with Crippen molar-refractivity contribution in [3.63, 3.8) is 0 Å². The Morgan fingerprint density at radius 3 is 2.10 bits per heavy atom. The number of benzene rings is 1. The molecule has 0 aliphatic rings. The summed E-state index contributed by atoms with van der Waals surface area (Å²) >= 11 is 0. The van der Waals surface area contributed by atoms with E-state index in [-0.39, 0.29) is 38.0 Å². The largest absolute Gasteiger partial charge is 0.480 e. The van der Waals surface area contributed by atoms with Crippen LogP contribution < -0.4 is 27.4 Å². The number of H-pyrrole nitrogens is 1. The minimum Gasteiger partial charge on any atom is -0.480 e. The third-order valence-corrected chi connectivity index (χ3v) is 5.88. The van der Waals surface area contributed by atoms with Crippen LogP contribution in [0.5, 0.6) is 0 Å². The molecule has 9 N–H and O–H groups in total. The zero-order valence-corrected chi connectivity index (χ0v) is 22.1. The molecule has 13 heteroatoms. The first kappa shape index (κ1) is 31.0. The number of carbonyl (C=O) groups excluding carboxylic acids is 4. The molecule has 0 saturated carbocycles. The zero-order valence-electron chi connectivity index (χ0n) is 22.1. The number of aromatic amines is 1. The fourth-order valence-corrected chi connectivity index (χ4v) is 3.86. The Morgan fingerprint density at radius 2 is 1.54 bits per heavy atom. The molecule has 1 aromatic heterocycles. The molecular weight excluding hydrogens is 506 g/mol. The van der Waals surface area contributed by atoms with Crippen LogP contribution in [-0.2, 0) is 36.8 Å². The lowest BCUT2D eigenvalue weighted by Crippen LogP contribution is -2.58. The van der Waals surface area contributed by atoms with E-state index in [1.54, 1.807) is 13.8 Å². The van der Waals surface area contributed by atoms with Gasteiger partial charge in [0.1, 0.15) is 18.1 Å². The van der Waals surface area contributed by atoms with E-state index in [9.17, 15) is 29.1 Å². The molecule has 212 valence electrons. The molecule has 0 saturated heterocycles. The fourth-order valence-electron chi connectivity index (χ4n) is 3.86. The molecular formula is C26H37N7O6. The summed E-state index contributed by atoms with van der Waals surface area (Å²) in [6.45, 7) is 3.61. The Bertz CT molecular complexity index is 1110. The van der Waals surface area contributed by atoms with Crippen molar-refractivity contribution in [1.82, 2.24) is 25.9 Å². The van der Waals surface area contributed by atoms with Gasteiger partial charge in [0, 0.05) is 24.7 Å². The SMILES string of the molecule is CC(C)CC(NC(=O)C(CCC(N)=O)NC(=O)C(Cc1cnc[nH]1)NC(=O)C(N)Cc1ccccc1)C(=O)O. The quantitative estimate of drug-likeness (QED) is 0.144. The van der Waals surface area contributed by atoms with Gasteiger partial charge in [0.15, 0.2) is 0 Å². The van der Waals surface area contributed by atoms with Gasteiger partial charge in [-0.25, -0.2) is 9.78 Å². The Kier molecular flexibility index (Phi) is 12.1. The van der Waals surface area contributed by atoms with Crippen LogP contribution in [0.1, 0.15) is 44.4 Å². The van der Waals surface area contributed by atoms with Crippen LogP contribution in [-0.4, -0.2) is 68.8 Å². The summed E-state index contributed by atoms with van der Waals surface area (Å²) in [5, 5.41) is 17.1. The van der Waals surface area contributed by atoms with Gasteiger partial charge in [0.25, 0.3) is 0 Å². The van der Waals surface area contributed by atoms with Gasteiger partial charge < -0.3 is 37.5 Å². The minimum atomic E-state index is -1.28. The molecule has 0 spiro atoms. The first-order valence-corrected chi connectivity index (χ1v) is 12.6. The Morgan fingerprint density at radius 1 is 0.923 bits per heavy atom. The van der Waals surface area contributed by atoms with Crippen LogP contribution in [0.25, 0.3) is 0 Å². The minimum absolute atomic E-state index is 0.00485. The first-order chi connectivity index (χ1) is 18.5. The molecule has 2 aromatic rings. The van der Waals surface area contributed by atoms with E-state index in [2.05, 4.69) is 25.9 Å². The van der Waals surface area contributed by atoms with E-state index in [4.69, 9.17) is 11.5 Å². The molecule has 0 radical (unpaired) electrons. The topological polar surface area (TPSA) is 222 Å². The number of carboxylic acids is 1. The molecule has 1 heterocycles. The number of amides is 4. The predicted molar refractivity (Wildman–Crippen MR) is 142 cm³/mol. The van der Waals surface area contributed by atoms with Crippen LogP contribution in [0, 0.1) is 5.92 Å². The lowest BCUT2D eigenvalue weighted by atomic mass is 10.0. The van der Waals surface area contributed by atoms with Gasteiger partial charge in [-0.15, -0.1) is 0 Å². The summed E-state index contributed by atoms with van der Waals surface area (Å²) in [6.07, 6.45) is 2.90. The number of carboxylic acid groups (broad SMARTS) is 1. The molecule has 4 unspecified atom stereocenters. The predicted octanol–water partition coefficient (Wildman–Crippen LogP) is -0.627. The summed E-state index contributed by atoms with van der Waals surface area (Å²) in [7, 11) is 0. The number of hydrogen-bond donors (Lipinski definition) is 7. The van der Waals surface area contributed by atoms with Crippen molar-refractivity contribution in [2.24, 2.45) is 17.4 Å². The number of hydrogen-bond acceptors (Lipinski definition) is 7. The van der Waals surface area contributed by atoms with E-state index < -0.39 is 53.8 Å². The summed E-state index contributed by atoms with van der Waals surface area (Å²) < 4.78 is 0. The van der Waals surface area contributed by atoms with Crippen LogP contribution in [0.3, 0.4) is 0 Å². The molecule has 2 rings (SSSR count). The number of nitrogens with two attached hydrogens (primary N) is 2. The number of imidazole rings is 1. The Balaban J connectivity index is 2.19. The van der Waals surface area contributed by atoms with Crippen LogP contribution in [0.15, 0.2) is 42.9 Å². The van der Waals surface area contributed by atoms with Gasteiger partial charge in [0.2, 0.25) is 23.6 Å². The second-order valence-electron chi connectivity index (χ2n) is 9.73. The second-order valence-corrected chi connectivity index (χ2v) is 9.73. The number of nitrogens with zero attached hydrogens (tertiary/aromatic N) is 1. The highest BCUT2D eigenvalue weighted by molar-refractivity contribution is 5.94. The summed E-state index contributed by atoms with van der Waals surface area (Å²) in [5.74, 6) is -4.06. The van der Waals surface area contributed by atoms with Crippen molar-refractivity contribution in [3.05, 3.63) is 54.1 Å². The van der Waals surface area contributed by atoms with Crippen molar-refractivity contribution in [1.29, 1.82) is 0 Å². The summed E-state index contributed by atoms with van der Waals surface area (Å²) in [4.78, 5) is 69.0. The molecule has 1 aromatic carbocycles. The van der Waals surface area contributed by atoms with E-state index in [1.165, 1.54) is 12.5 Å². The van der Waals surface area contributed by atoms with Gasteiger partial charge in [0.05, 0.1) is 12.4 Å². The zero-order chi connectivity index (χ0) is 28.9. The van der Waals surface area contributed by atoms with Crippen molar-refractivity contribution < 1.29 is 29.1 Å².